The molecule has 0 aliphatic carbocycles. The maximum atomic E-state index is 4.57. The van der Waals surface area contributed by atoms with Gasteiger partial charge in [0.1, 0.15) is 6.33 Å². The van der Waals surface area contributed by atoms with Crippen LogP contribution in [0.15, 0.2) is 6.33 Å². The summed E-state index contributed by atoms with van der Waals surface area (Å²) in [5, 5.41) is 9.99. The van der Waals surface area contributed by atoms with Crippen LogP contribution >= 0.6 is 0 Å². The highest BCUT2D eigenvalue weighted by atomic mass is 15.2. The molecule has 0 amide bonds. The Morgan fingerprint density at radius 2 is 2.40 bits per heavy atom. The molecular formula is C9H12N6. The van der Waals surface area contributed by atoms with Crippen LogP contribution in [0, 0.1) is 0 Å². The molecule has 78 valence electrons. The van der Waals surface area contributed by atoms with Gasteiger partial charge in [0.15, 0.2) is 11.6 Å². The van der Waals surface area contributed by atoms with Crippen molar-refractivity contribution in [2.24, 2.45) is 0 Å². The molecule has 0 radical (unpaired) electrons. The average Bonchev–Trinajstić information content (AvgIpc) is 2.93. The lowest BCUT2D eigenvalue weighted by molar-refractivity contribution is 0.674. The normalized spacial score (nSPS) is 14.5. The van der Waals surface area contributed by atoms with Gasteiger partial charge in [-0.3, -0.25) is 5.10 Å². The van der Waals surface area contributed by atoms with Crippen molar-refractivity contribution in [3.8, 4) is 11.6 Å². The summed E-state index contributed by atoms with van der Waals surface area (Å²) in [6, 6.07) is 0. The van der Waals surface area contributed by atoms with Crippen molar-refractivity contribution in [3.63, 3.8) is 0 Å². The minimum atomic E-state index is 0.742. The van der Waals surface area contributed by atoms with Gasteiger partial charge in [-0.2, -0.15) is 5.10 Å². The van der Waals surface area contributed by atoms with Crippen LogP contribution in [0.1, 0.15) is 18.3 Å². The third kappa shape index (κ3) is 1.18. The highest BCUT2D eigenvalue weighted by molar-refractivity contribution is 5.46. The molecule has 2 N–H and O–H groups in total. The monoisotopic (exact) mass is 204 g/mol. The number of nitrogens with zero attached hydrogens (tertiary/aromatic N) is 4. The second kappa shape index (κ2) is 3.16. The standard InChI is InChI=1S/C9H12N6/c1-2-15-7-4-10-3-6(7)13-9(15)8-11-5-12-14-8/h5,10H,2-4H2,1H3,(H,11,12,14). The first-order chi connectivity index (χ1) is 7.40. The van der Waals surface area contributed by atoms with Gasteiger partial charge in [0.2, 0.25) is 0 Å². The van der Waals surface area contributed by atoms with Crippen LogP contribution in [0.4, 0.5) is 0 Å². The first-order valence-electron chi connectivity index (χ1n) is 5.05. The summed E-state index contributed by atoms with van der Waals surface area (Å²) < 4.78 is 2.18. The lowest BCUT2D eigenvalue weighted by atomic mass is 10.4. The van der Waals surface area contributed by atoms with E-state index in [9.17, 15) is 0 Å². The van der Waals surface area contributed by atoms with Gasteiger partial charge in [0, 0.05) is 19.6 Å². The van der Waals surface area contributed by atoms with Gasteiger partial charge >= 0.3 is 0 Å². The van der Waals surface area contributed by atoms with E-state index in [1.807, 2.05) is 0 Å². The van der Waals surface area contributed by atoms with Crippen molar-refractivity contribution in [1.82, 2.24) is 30.0 Å². The van der Waals surface area contributed by atoms with Crippen molar-refractivity contribution in [2.75, 3.05) is 0 Å². The molecule has 15 heavy (non-hydrogen) atoms. The fraction of sp³-hybridized carbons (Fsp3) is 0.444. The summed E-state index contributed by atoms with van der Waals surface area (Å²) in [6.45, 7) is 4.76. The Labute approximate surface area is 86.7 Å². The number of aromatic nitrogens is 5. The van der Waals surface area contributed by atoms with Gasteiger partial charge in [-0.25, -0.2) is 9.97 Å². The van der Waals surface area contributed by atoms with E-state index in [2.05, 4.69) is 37.0 Å². The van der Waals surface area contributed by atoms with Gasteiger partial charge in [-0.05, 0) is 6.92 Å². The smallest absolute Gasteiger partial charge is 0.191 e. The van der Waals surface area contributed by atoms with Crippen LogP contribution in [0.2, 0.25) is 0 Å². The molecule has 2 aromatic rings. The quantitative estimate of drug-likeness (QED) is 0.737. The van der Waals surface area contributed by atoms with E-state index >= 15 is 0 Å². The van der Waals surface area contributed by atoms with Crippen LogP contribution in [0.3, 0.4) is 0 Å². The van der Waals surface area contributed by atoms with Crippen molar-refractivity contribution in [1.29, 1.82) is 0 Å². The Hall–Kier alpha value is -1.69. The SMILES string of the molecule is CCn1c(-c2ncn[nH]2)nc2c1CNC2. The topological polar surface area (TPSA) is 71.4 Å². The third-order valence-corrected chi connectivity index (χ3v) is 2.68. The minimum Gasteiger partial charge on any atom is -0.324 e. The van der Waals surface area contributed by atoms with E-state index in [0.717, 1.165) is 37.0 Å². The molecule has 0 atom stereocenters. The van der Waals surface area contributed by atoms with E-state index in [4.69, 9.17) is 0 Å². The molecule has 1 aliphatic rings. The summed E-state index contributed by atoms with van der Waals surface area (Å²) in [4.78, 5) is 8.71. The largest absolute Gasteiger partial charge is 0.324 e. The molecule has 0 saturated heterocycles. The second-order valence-electron chi connectivity index (χ2n) is 3.51. The lowest BCUT2D eigenvalue weighted by Gasteiger charge is -2.05. The first kappa shape index (κ1) is 8.60. The molecule has 0 spiro atoms. The van der Waals surface area contributed by atoms with Crippen molar-refractivity contribution in [3.05, 3.63) is 17.7 Å². The molecule has 0 aromatic carbocycles. The van der Waals surface area contributed by atoms with Crippen LogP contribution in [-0.4, -0.2) is 24.7 Å². The van der Waals surface area contributed by atoms with Crippen LogP contribution in [0.25, 0.3) is 11.6 Å². The van der Waals surface area contributed by atoms with Gasteiger partial charge in [0.05, 0.1) is 11.4 Å². The highest BCUT2D eigenvalue weighted by Crippen LogP contribution is 2.22. The molecule has 1 aliphatic heterocycles. The van der Waals surface area contributed by atoms with Gasteiger partial charge in [0.25, 0.3) is 0 Å². The minimum absolute atomic E-state index is 0.742. The summed E-state index contributed by atoms with van der Waals surface area (Å²) >= 11 is 0. The number of H-pyrrole nitrogens is 1. The average molecular weight is 204 g/mol. The van der Waals surface area contributed by atoms with Gasteiger partial charge < -0.3 is 9.88 Å². The predicted molar refractivity (Wildman–Crippen MR) is 53.8 cm³/mol. The fourth-order valence-electron chi connectivity index (χ4n) is 2.01. The van der Waals surface area contributed by atoms with Crippen molar-refractivity contribution >= 4 is 0 Å². The van der Waals surface area contributed by atoms with Gasteiger partial charge in [-0.15, -0.1) is 0 Å². The molecule has 3 rings (SSSR count). The fourth-order valence-corrected chi connectivity index (χ4v) is 2.01. The number of imidazole rings is 1. The highest BCUT2D eigenvalue weighted by Gasteiger charge is 2.21. The molecule has 6 heteroatoms. The van der Waals surface area contributed by atoms with Gasteiger partial charge in [-0.1, -0.05) is 0 Å². The van der Waals surface area contributed by atoms with Crippen molar-refractivity contribution < 1.29 is 0 Å². The Kier molecular flexibility index (Phi) is 1.81. The van der Waals surface area contributed by atoms with E-state index in [-0.39, 0.29) is 0 Å². The zero-order valence-electron chi connectivity index (χ0n) is 8.49. The Morgan fingerprint density at radius 3 is 3.13 bits per heavy atom. The predicted octanol–water partition coefficient (Wildman–Crippen LogP) is 0.291. The number of rotatable bonds is 2. The second-order valence-corrected chi connectivity index (χ2v) is 3.51. The molecule has 0 unspecified atom stereocenters. The first-order valence-corrected chi connectivity index (χ1v) is 5.05. The molecule has 0 bridgehead atoms. The Bertz CT molecular complexity index is 469. The Balaban J connectivity index is 2.16. The summed E-state index contributed by atoms with van der Waals surface area (Å²) in [7, 11) is 0. The van der Waals surface area contributed by atoms with E-state index in [1.165, 1.54) is 12.0 Å². The maximum absolute atomic E-state index is 4.57. The molecule has 0 saturated carbocycles. The zero-order chi connectivity index (χ0) is 10.3. The number of aromatic amines is 1. The number of nitrogens with one attached hydrogen (secondary N) is 2. The van der Waals surface area contributed by atoms with Crippen molar-refractivity contribution in [2.45, 2.75) is 26.6 Å². The zero-order valence-corrected chi connectivity index (χ0v) is 8.49. The third-order valence-electron chi connectivity index (χ3n) is 2.68. The number of fused-ring (bicyclic) bond motifs is 1. The lowest BCUT2D eigenvalue weighted by Crippen LogP contribution is -2.08. The summed E-state index contributed by atoms with van der Waals surface area (Å²) in [5.74, 6) is 1.63. The summed E-state index contributed by atoms with van der Waals surface area (Å²) in [5.41, 5.74) is 2.40. The summed E-state index contributed by atoms with van der Waals surface area (Å²) in [6.07, 6.45) is 1.51. The Morgan fingerprint density at radius 1 is 1.47 bits per heavy atom. The molecule has 2 aromatic heterocycles. The molecule has 3 heterocycles. The van der Waals surface area contributed by atoms with E-state index in [1.54, 1.807) is 0 Å². The van der Waals surface area contributed by atoms with E-state index in [0.29, 0.717) is 0 Å². The maximum Gasteiger partial charge on any atom is 0.191 e. The molecule has 6 nitrogen and oxygen atoms in total. The van der Waals surface area contributed by atoms with Crippen LogP contribution in [-0.2, 0) is 19.6 Å². The number of hydrogen-bond donors (Lipinski definition) is 2. The van der Waals surface area contributed by atoms with Crippen LogP contribution in [0.5, 0.6) is 0 Å². The molecular weight excluding hydrogens is 192 g/mol. The van der Waals surface area contributed by atoms with E-state index < -0.39 is 0 Å². The number of hydrogen-bond acceptors (Lipinski definition) is 4. The van der Waals surface area contributed by atoms with Crippen LogP contribution < -0.4 is 5.32 Å². The molecule has 0 fully saturated rings.